The molecule has 27 heavy (non-hydrogen) atoms. The number of ether oxygens (including phenoxy) is 2. The van der Waals surface area contributed by atoms with E-state index in [4.69, 9.17) is 9.47 Å². The van der Waals surface area contributed by atoms with E-state index < -0.39 is 6.10 Å². The van der Waals surface area contributed by atoms with E-state index in [9.17, 15) is 9.90 Å². The molecule has 3 rings (SSSR count). The van der Waals surface area contributed by atoms with Gasteiger partial charge in [-0.2, -0.15) is 0 Å². The van der Waals surface area contributed by atoms with Gasteiger partial charge in [-0.05, 0) is 63.3 Å². The standard InChI is InChI=1S/C22H33NO4/c1-16(24)18-10-11-21(22(13-18)26-2)27-15-19(25)14-23-12-6-9-20(23)17-7-4-3-5-8-17/h10-11,13,17,19-20,25H,3-9,12,14-15H2,1-2H3/t19-,20-/m1/s1. The Labute approximate surface area is 162 Å². The van der Waals surface area contributed by atoms with Crippen molar-refractivity contribution in [1.82, 2.24) is 4.90 Å². The van der Waals surface area contributed by atoms with Gasteiger partial charge in [0.1, 0.15) is 12.7 Å². The lowest BCUT2D eigenvalue weighted by Crippen LogP contribution is -2.42. The molecule has 1 heterocycles. The summed E-state index contributed by atoms with van der Waals surface area (Å²) in [4.78, 5) is 14.0. The van der Waals surface area contributed by atoms with E-state index in [2.05, 4.69) is 4.90 Å². The van der Waals surface area contributed by atoms with Gasteiger partial charge in [0.05, 0.1) is 7.11 Å². The third-order valence-electron chi connectivity index (χ3n) is 6.05. The van der Waals surface area contributed by atoms with Gasteiger partial charge in [-0.15, -0.1) is 0 Å². The number of nitrogens with zero attached hydrogens (tertiary/aromatic N) is 1. The van der Waals surface area contributed by atoms with Crippen LogP contribution in [0.1, 0.15) is 62.2 Å². The summed E-state index contributed by atoms with van der Waals surface area (Å²) < 4.78 is 11.1. The number of Topliss-reactive ketones (excluding diaryl/α,β-unsaturated/α-hetero) is 1. The summed E-state index contributed by atoms with van der Waals surface area (Å²) in [7, 11) is 1.56. The van der Waals surface area contributed by atoms with Crippen LogP contribution in [0.15, 0.2) is 18.2 Å². The second-order valence-electron chi connectivity index (χ2n) is 7.99. The maximum atomic E-state index is 11.5. The Morgan fingerprint density at radius 1 is 1.19 bits per heavy atom. The second kappa shape index (κ2) is 9.56. The van der Waals surface area contributed by atoms with Gasteiger partial charge < -0.3 is 14.6 Å². The lowest BCUT2D eigenvalue weighted by Gasteiger charge is -2.35. The number of carbonyl (C=O) groups is 1. The summed E-state index contributed by atoms with van der Waals surface area (Å²) in [5.41, 5.74) is 0.590. The highest BCUT2D eigenvalue weighted by molar-refractivity contribution is 5.94. The van der Waals surface area contributed by atoms with E-state index in [0.717, 1.165) is 12.5 Å². The first-order valence-corrected chi connectivity index (χ1v) is 10.3. The van der Waals surface area contributed by atoms with Crippen molar-refractivity contribution in [2.75, 3.05) is 26.8 Å². The van der Waals surface area contributed by atoms with Crippen LogP contribution in [-0.4, -0.2) is 54.7 Å². The van der Waals surface area contributed by atoms with Gasteiger partial charge >= 0.3 is 0 Å². The molecule has 1 aliphatic carbocycles. The normalized spacial score (nSPS) is 22.6. The number of methoxy groups -OCH3 is 1. The molecule has 1 aliphatic heterocycles. The average molecular weight is 376 g/mol. The molecule has 2 aliphatic rings. The van der Waals surface area contributed by atoms with Crippen molar-refractivity contribution in [3.8, 4) is 11.5 Å². The zero-order chi connectivity index (χ0) is 19.2. The topological polar surface area (TPSA) is 59.0 Å². The van der Waals surface area contributed by atoms with Crippen LogP contribution in [0.4, 0.5) is 0 Å². The lowest BCUT2D eigenvalue weighted by atomic mass is 9.83. The molecule has 0 radical (unpaired) electrons. The van der Waals surface area contributed by atoms with E-state index in [1.807, 2.05) is 0 Å². The molecule has 0 amide bonds. The zero-order valence-electron chi connectivity index (χ0n) is 16.7. The van der Waals surface area contributed by atoms with Crippen LogP contribution in [0.3, 0.4) is 0 Å². The molecule has 1 saturated heterocycles. The van der Waals surface area contributed by atoms with Crippen LogP contribution < -0.4 is 9.47 Å². The minimum Gasteiger partial charge on any atom is -0.493 e. The van der Waals surface area contributed by atoms with Gasteiger partial charge in [0.2, 0.25) is 0 Å². The highest BCUT2D eigenvalue weighted by atomic mass is 16.5. The van der Waals surface area contributed by atoms with Gasteiger partial charge in [-0.3, -0.25) is 9.69 Å². The van der Waals surface area contributed by atoms with E-state index >= 15 is 0 Å². The van der Waals surface area contributed by atoms with Crippen LogP contribution in [0.2, 0.25) is 0 Å². The second-order valence-corrected chi connectivity index (χ2v) is 7.99. The molecule has 0 aromatic heterocycles. The number of β-amino-alcohol motifs (C(OH)–C–C–N with tert-alkyl or cyclic N) is 1. The third-order valence-corrected chi connectivity index (χ3v) is 6.05. The molecule has 5 heteroatoms. The van der Waals surface area contributed by atoms with Crippen molar-refractivity contribution in [2.24, 2.45) is 5.92 Å². The molecule has 2 fully saturated rings. The maximum Gasteiger partial charge on any atom is 0.161 e. The van der Waals surface area contributed by atoms with Gasteiger partial charge in [-0.25, -0.2) is 0 Å². The Bertz CT molecular complexity index is 627. The molecule has 1 aromatic rings. The lowest BCUT2D eigenvalue weighted by molar-refractivity contribution is 0.0490. The number of hydrogen-bond donors (Lipinski definition) is 1. The van der Waals surface area contributed by atoms with Gasteiger partial charge in [-0.1, -0.05) is 19.3 Å². The number of likely N-dealkylation sites (tertiary alicyclic amines) is 1. The van der Waals surface area contributed by atoms with Crippen molar-refractivity contribution in [3.05, 3.63) is 23.8 Å². The van der Waals surface area contributed by atoms with Crippen molar-refractivity contribution in [3.63, 3.8) is 0 Å². The molecule has 0 bridgehead atoms. The minimum absolute atomic E-state index is 0.0114. The predicted molar refractivity (Wildman–Crippen MR) is 106 cm³/mol. The molecule has 1 saturated carbocycles. The summed E-state index contributed by atoms with van der Waals surface area (Å²) in [5, 5.41) is 10.5. The summed E-state index contributed by atoms with van der Waals surface area (Å²) in [6, 6.07) is 5.78. The summed E-state index contributed by atoms with van der Waals surface area (Å²) in [5.74, 6) is 1.87. The quantitative estimate of drug-likeness (QED) is 0.703. The molecule has 1 aromatic carbocycles. The van der Waals surface area contributed by atoms with Gasteiger partial charge in [0, 0.05) is 18.2 Å². The fourth-order valence-electron chi connectivity index (χ4n) is 4.65. The van der Waals surface area contributed by atoms with Gasteiger partial charge in [0.15, 0.2) is 17.3 Å². The molecular weight excluding hydrogens is 342 g/mol. The number of hydrogen-bond acceptors (Lipinski definition) is 5. The van der Waals surface area contributed by atoms with Crippen LogP contribution in [0, 0.1) is 5.92 Å². The van der Waals surface area contributed by atoms with Crippen LogP contribution >= 0.6 is 0 Å². The Kier molecular flexibility index (Phi) is 7.13. The fraction of sp³-hybridized carbons (Fsp3) is 0.682. The van der Waals surface area contributed by atoms with Crippen LogP contribution in [0.25, 0.3) is 0 Å². The monoisotopic (exact) mass is 375 g/mol. The highest BCUT2D eigenvalue weighted by Crippen LogP contribution is 2.34. The first-order chi connectivity index (χ1) is 13.1. The molecule has 1 N–H and O–H groups in total. The van der Waals surface area contributed by atoms with Crippen molar-refractivity contribution in [1.29, 1.82) is 0 Å². The smallest absolute Gasteiger partial charge is 0.161 e. The van der Waals surface area contributed by atoms with Crippen molar-refractivity contribution < 1.29 is 19.4 Å². The average Bonchev–Trinajstić information content (AvgIpc) is 3.14. The predicted octanol–water partition coefficient (Wildman–Crippen LogP) is 3.68. The van der Waals surface area contributed by atoms with E-state index in [1.165, 1.54) is 51.9 Å². The Balaban J connectivity index is 1.53. The third kappa shape index (κ3) is 5.23. The molecular formula is C22H33NO4. The number of aliphatic hydroxyl groups excluding tert-OH is 1. The maximum absolute atomic E-state index is 11.5. The Hall–Kier alpha value is -1.59. The number of ketones is 1. The number of carbonyl (C=O) groups excluding carboxylic acids is 1. The molecule has 2 atom stereocenters. The first-order valence-electron chi connectivity index (χ1n) is 10.3. The minimum atomic E-state index is -0.536. The van der Waals surface area contributed by atoms with Gasteiger partial charge in [0.25, 0.3) is 0 Å². The molecule has 150 valence electrons. The van der Waals surface area contributed by atoms with Crippen LogP contribution in [0.5, 0.6) is 11.5 Å². The largest absolute Gasteiger partial charge is 0.493 e. The molecule has 5 nitrogen and oxygen atoms in total. The fourth-order valence-corrected chi connectivity index (χ4v) is 4.65. The summed E-state index contributed by atoms with van der Waals surface area (Å²) >= 11 is 0. The molecule has 0 unspecified atom stereocenters. The van der Waals surface area contributed by atoms with E-state index in [0.29, 0.717) is 29.6 Å². The van der Waals surface area contributed by atoms with Crippen molar-refractivity contribution >= 4 is 5.78 Å². The Morgan fingerprint density at radius 3 is 2.67 bits per heavy atom. The highest BCUT2D eigenvalue weighted by Gasteiger charge is 2.33. The summed E-state index contributed by atoms with van der Waals surface area (Å²) in [6.45, 7) is 3.49. The molecule has 0 spiro atoms. The first kappa shape index (κ1) is 20.2. The SMILES string of the molecule is COc1cc(C(C)=O)ccc1OC[C@H](O)CN1CCC[C@@H]1C1CCCCC1. The number of rotatable bonds is 8. The van der Waals surface area contributed by atoms with Crippen LogP contribution in [-0.2, 0) is 0 Å². The zero-order valence-corrected chi connectivity index (χ0v) is 16.7. The number of aliphatic hydroxyl groups is 1. The Morgan fingerprint density at radius 2 is 1.96 bits per heavy atom. The summed E-state index contributed by atoms with van der Waals surface area (Å²) in [6.07, 6.45) is 8.73. The van der Waals surface area contributed by atoms with E-state index in [1.54, 1.807) is 25.3 Å². The van der Waals surface area contributed by atoms with E-state index in [-0.39, 0.29) is 12.4 Å². The number of benzene rings is 1. The van der Waals surface area contributed by atoms with Crippen molar-refractivity contribution in [2.45, 2.75) is 64.0 Å².